The van der Waals surface area contributed by atoms with Gasteiger partial charge in [0.15, 0.2) is 11.5 Å². The molecule has 0 unspecified atom stereocenters. The second kappa shape index (κ2) is 6.55. The van der Waals surface area contributed by atoms with E-state index in [0.717, 1.165) is 37.3 Å². The molecule has 1 aromatic rings. The standard InChI is InChI=1S/C20H23Br2NO3/c1-4-12-17-18(22)14(21)5-7-20(17)13-10-16(26-3)15(25-2)9-11(13)6-8-23(20)19(12)24/h4,9-10,12,14,17-18H,1,5-8H2,2-3H3/t12-,14-,17-,18+,20-/m1/s1. The molecule has 0 N–H and O–H groups in total. The number of halogens is 2. The van der Waals surface area contributed by atoms with E-state index < -0.39 is 0 Å². The Balaban J connectivity index is 1.96. The summed E-state index contributed by atoms with van der Waals surface area (Å²) in [7, 11) is 3.33. The van der Waals surface area contributed by atoms with Crippen molar-refractivity contribution >= 4 is 37.8 Å². The fourth-order valence-corrected chi connectivity index (χ4v) is 6.88. The fraction of sp³-hybridized carbons (Fsp3) is 0.550. The average Bonchev–Trinajstić information content (AvgIpc) is 2.92. The molecule has 0 radical (unpaired) electrons. The number of carbonyl (C=O) groups is 1. The minimum atomic E-state index is -0.304. The number of amides is 1. The molecule has 4 rings (SSSR count). The third-order valence-electron chi connectivity index (χ3n) is 6.40. The Morgan fingerprint density at radius 3 is 2.62 bits per heavy atom. The molecule has 26 heavy (non-hydrogen) atoms. The molecule has 1 aromatic carbocycles. The molecule has 1 spiro atoms. The lowest BCUT2D eigenvalue weighted by molar-refractivity contribution is -0.134. The van der Waals surface area contributed by atoms with E-state index in [1.807, 2.05) is 6.08 Å². The van der Waals surface area contributed by atoms with Crippen LogP contribution in [0.2, 0.25) is 0 Å². The molecule has 6 heteroatoms. The van der Waals surface area contributed by atoms with Gasteiger partial charge in [0.25, 0.3) is 0 Å². The topological polar surface area (TPSA) is 38.8 Å². The van der Waals surface area contributed by atoms with E-state index in [1.54, 1.807) is 14.2 Å². The summed E-state index contributed by atoms with van der Waals surface area (Å²) in [6.07, 6.45) is 4.62. The molecule has 4 nitrogen and oxygen atoms in total. The van der Waals surface area contributed by atoms with Gasteiger partial charge in [-0.2, -0.15) is 0 Å². The molecule has 140 valence electrons. The van der Waals surface area contributed by atoms with Crippen molar-refractivity contribution in [3.05, 3.63) is 35.9 Å². The Bertz CT molecular complexity index is 768. The average molecular weight is 485 g/mol. The Labute approximate surface area is 171 Å². The van der Waals surface area contributed by atoms with Gasteiger partial charge in [-0.15, -0.1) is 6.58 Å². The van der Waals surface area contributed by atoms with Crippen molar-refractivity contribution in [2.75, 3.05) is 20.8 Å². The van der Waals surface area contributed by atoms with Crippen LogP contribution in [-0.4, -0.2) is 41.2 Å². The molecule has 3 aliphatic rings. The van der Waals surface area contributed by atoms with Crippen LogP contribution in [0.3, 0.4) is 0 Å². The van der Waals surface area contributed by atoms with Crippen molar-refractivity contribution in [2.24, 2.45) is 11.8 Å². The van der Waals surface area contributed by atoms with Crippen molar-refractivity contribution in [2.45, 2.75) is 34.5 Å². The second-order valence-electron chi connectivity index (χ2n) is 7.31. The molecule has 1 aliphatic carbocycles. The van der Waals surface area contributed by atoms with Gasteiger partial charge >= 0.3 is 0 Å². The number of nitrogens with zero attached hydrogens (tertiary/aromatic N) is 1. The fourth-order valence-electron chi connectivity index (χ4n) is 5.29. The van der Waals surface area contributed by atoms with Crippen LogP contribution in [-0.2, 0) is 16.8 Å². The van der Waals surface area contributed by atoms with Gasteiger partial charge in [0.05, 0.1) is 25.7 Å². The Morgan fingerprint density at radius 2 is 1.96 bits per heavy atom. The van der Waals surface area contributed by atoms with Gasteiger partial charge in [-0.3, -0.25) is 4.79 Å². The Kier molecular flexibility index (Phi) is 4.63. The number of fused-ring (bicyclic) bond motifs is 1. The molecule has 2 fully saturated rings. The normalized spacial score (nSPS) is 35.4. The van der Waals surface area contributed by atoms with Crippen LogP contribution < -0.4 is 9.47 Å². The summed E-state index contributed by atoms with van der Waals surface area (Å²) < 4.78 is 11.1. The Morgan fingerprint density at radius 1 is 1.27 bits per heavy atom. The Hall–Kier alpha value is -1.01. The van der Waals surface area contributed by atoms with E-state index in [0.29, 0.717) is 4.83 Å². The number of methoxy groups -OCH3 is 2. The van der Waals surface area contributed by atoms with Crippen LogP contribution >= 0.6 is 31.9 Å². The third kappa shape index (κ3) is 2.27. The quantitative estimate of drug-likeness (QED) is 0.480. The zero-order valence-corrected chi connectivity index (χ0v) is 18.2. The summed E-state index contributed by atoms with van der Waals surface area (Å²) in [5.41, 5.74) is 2.17. The lowest BCUT2D eigenvalue weighted by atomic mass is 9.64. The number of rotatable bonds is 3. The number of ether oxygens (including phenoxy) is 2. The summed E-state index contributed by atoms with van der Waals surface area (Å²) in [4.78, 5) is 15.9. The zero-order valence-electron chi connectivity index (χ0n) is 15.0. The predicted octanol–water partition coefficient (Wildman–Crippen LogP) is 4.04. The van der Waals surface area contributed by atoms with Crippen LogP contribution in [0.15, 0.2) is 24.8 Å². The zero-order chi connectivity index (χ0) is 18.6. The predicted molar refractivity (Wildman–Crippen MR) is 108 cm³/mol. The van der Waals surface area contributed by atoms with Crippen LogP contribution in [0.1, 0.15) is 24.0 Å². The van der Waals surface area contributed by atoms with Gasteiger partial charge in [-0.25, -0.2) is 0 Å². The van der Waals surface area contributed by atoms with Crippen LogP contribution in [0.4, 0.5) is 0 Å². The minimum Gasteiger partial charge on any atom is -0.493 e. The summed E-state index contributed by atoms with van der Waals surface area (Å²) in [5.74, 6) is 1.66. The lowest BCUT2D eigenvalue weighted by Gasteiger charge is -2.52. The first-order valence-electron chi connectivity index (χ1n) is 8.97. The molecule has 1 saturated heterocycles. The molecule has 1 saturated carbocycles. The number of benzene rings is 1. The van der Waals surface area contributed by atoms with E-state index in [4.69, 9.17) is 9.47 Å². The lowest BCUT2D eigenvalue weighted by Crippen LogP contribution is -2.56. The van der Waals surface area contributed by atoms with Gasteiger partial charge in [0.1, 0.15) is 0 Å². The maximum atomic E-state index is 13.2. The van der Waals surface area contributed by atoms with E-state index >= 15 is 0 Å². The molecular weight excluding hydrogens is 462 g/mol. The monoisotopic (exact) mass is 483 g/mol. The second-order valence-corrected chi connectivity index (χ2v) is 9.55. The van der Waals surface area contributed by atoms with Gasteiger partial charge in [0.2, 0.25) is 5.91 Å². The summed E-state index contributed by atoms with van der Waals surface area (Å²) >= 11 is 7.73. The van der Waals surface area contributed by atoms with Gasteiger partial charge in [-0.05, 0) is 42.5 Å². The molecule has 0 bridgehead atoms. The number of hydrogen-bond donors (Lipinski definition) is 0. The highest BCUT2D eigenvalue weighted by Crippen LogP contribution is 2.60. The number of alkyl halides is 2. The summed E-state index contributed by atoms with van der Waals surface area (Å²) in [5, 5.41) is 0. The van der Waals surface area contributed by atoms with Crippen LogP contribution in [0, 0.1) is 11.8 Å². The van der Waals surface area contributed by atoms with Crippen molar-refractivity contribution in [1.82, 2.24) is 4.90 Å². The highest BCUT2D eigenvalue weighted by molar-refractivity contribution is 9.12. The smallest absolute Gasteiger partial charge is 0.230 e. The highest BCUT2D eigenvalue weighted by Gasteiger charge is 2.64. The molecule has 0 aromatic heterocycles. The molecule has 2 heterocycles. The SMILES string of the molecule is C=C[C@H]1C(=O)N2CCc3cc(OC)c(OC)cc3[C@@]23CC[C@@H](Br)[C@H](Br)[C@@H]13. The summed E-state index contributed by atoms with van der Waals surface area (Å²) in [6, 6.07) is 4.19. The van der Waals surface area contributed by atoms with Crippen molar-refractivity contribution in [3.63, 3.8) is 0 Å². The third-order valence-corrected chi connectivity index (χ3v) is 9.34. The van der Waals surface area contributed by atoms with Crippen LogP contribution in [0.25, 0.3) is 0 Å². The van der Waals surface area contributed by atoms with Crippen molar-refractivity contribution < 1.29 is 14.3 Å². The van der Waals surface area contributed by atoms with E-state index in [2.05, 4.69) is 55.5 Å². The molecular formula is C20H23Br2NO3. The van der Waals surface area contributed by atoms with E-state index in [-0.39, 0.29) is 28.1 Å². The minimum absolute atomic E-state index is 0.141. The number of carbonyl (C=O) groups excluding carboxylic acids is 1. The van der Waals surface area contributed by atoms with Crippen LogP contribution in [0.5, 0.6) is 11.5 Å². The van der Waals surface area contributed by atoms with Gasteiger partial charge in [0, 0.05) is 22.1 Å². The van der Waals surface area contributed by atoms with E-state index in [9.17, 15) is 4.79 Å². The molecule has 2 aliphatic heterocycles. The molecule has 5 atom stereocenters. The largest absolute Gasteiger partial charge is 0.493 e. The highest BCUT2D eigenvalue weighted by atomic mass is 79.9. The first-order valence-corrected chi connectivity index (χ1v) is 10.8. The van der Waals surface area contributed by atoms with Gasteiger partial charge < -0.3 is 14.4 Å². The van der Waals surface area contributed by atoms with Crippen molar-refractivity contribution in [1.29, 1.82) is 0 Å². The van der Waals surface area contributed by atoms with Gasteiger partial charge in [-0.1, -0.05) is 37.9 Å². The molecule has 1 amide bonds. The first kappa shape index (κ1) is 18.4. The van der Waals surface area contributed by atoms with Crippen molar-refractivity contribution in [3.8, 4) is 11.5 Å². The number of hydrogen-bond acceptors (Lipinski definition) is 3. The maximum absolute atomic E-state index is 13.2. The first-order chi connectivity index (χ1) is 12.5. The summed E-state index contributed by atoms with van der Waals surface area (Å²) in [6.45, 7) is 4.73. The van der Waals surface area contributed by atoms with E-state index in [1.165, 1.54) is 11.1 Å². The maximum Gasteiger partial charge on any atom is 0.230 e.